The van der Waals surface area contributed by atoms with Crippen LogP contribution in [0.3, 0.4) is 0 Å². The molecule has 3 fully saturated rings. The van der Waals surface area contributed by atoms with Gasteiger partial charge in [-0.3, -0.25) is 19.3 Å². The fraction of sp³-hybridized carbons (Fsp3) is 0.556. The van der Waals surface area contributed by atoms with E-state index in [2.05, 4.69) is 10.3 Å². The van der Waals surface area contributed by atoms with E-state index in [1.165, 1.54) is 36.3 Å². The fourth-order valence-electron chi connectivity index (χ4n) is 5.75. The van der Waals surface area contributed by atoms with Gasteiger partial charge in [0, 0.05) is 12.2 Å². The van der Waals surface area contributed by atoms with E-state index >= 15 is 0 Å². The molecular formula is C18H20N4O3. The molecule has 2 aromatic rings. The standard InChI is InChI=1S/C18H20N4O3/c23-18-16(22(24)25)17(20-15-6-1-2-7-21(15)18)19-14-9-10-8-13(14)12-5-3-4-11(10)12/h1-2,6-7,10-14,19H,3-5,8-9H2/t10-,11-,12-,13+,14-/m1/s1. The van der Waals surface area contributed by atoms with Gasteiger partial charge in [-0.05, 0) is 61.5 Å². The van der Waals surface area contributed by atoms with E-state index in [0.29, 0.717) is 11.6 Å². The molecule has 7 nitrogen and oxygen atoms in total. The highest BCUT2D eigenvalue weighted by Gasteiger charge is 2.54. The summed E-state index contributed by atoms with van der Waals surface area (Å²) in [7, 11) is 0. The number of hydrogen-bond acceptors (Lipinski definition) is 5. The summed E-state index contributed by atoms with van der Waals surface area (Å²) < 4.78 is 1.23. The summed E-state index contributed by atoms with van der Waals surface area (Å²) >= 11 is 0. The molecule has 3 aliphatic rings. The molecule has 0 radical (unpaired) electrons. The molecule has 1 N–H and O–H groups in total. The number of pyridine rings is 1. The van der Waals surface area contributed by atoms with Crippen molar-refractivity contribution in [3.8, 4) is 0 Å². The van der Waals surface area contributed by atoms with Gasteiger partial charge in [0.05, 0.1) is 4.92 Å². The first-order valence-electron chi connectivity index (χ1n) is 9.06. The lowest BCUT2D eigenvalue weighted by atomic mass is 9.79. The quantitative estimate of drug-likeness (QED) is 0.685. The van der Waals surface area contributed by atoms with Crippen LogP contribution < -0.4 is 10.9 Å². The van der Waals surface area contributed by atoms with Crippen molar-refractivity contribution in [2.45, 2.75) is 38.1 Å². The number of anilines is 1. The maximum Gasteiger partial charge on any atom is 0.376 e. The summed E-state index contributed by atoms with van der Waals surface area (Å²) in [6.45, 7) is 0. The Hall–Kier alpha value is -2.44. The minimum absolute atomic E-state index is 0.133. The number of nitrogens with zero attached hydrogens (tertiary/aromatic N) is 3. The third-order valence-electron chi connectivity index (χ3n) is 6.64. The van der Waals surface area contributed by atoms with E-state index in [-0.39, 0.29) is 11.9 Å². The minimum Gasteiger partial charge on any atom is -0.361 e. The van der Waals surface area contributed by atoms with E-state index in [9.17, 15) is 14.9 Å². The van der Waals surface area contributed by atoms with Crippen molar-refractivity contribution in [1.29, 1.82) is 0 Å². The number of fused-ring (bicyclic) bond motifs is 6. The van der Waals surface area contributed by atoms with Gasteiger partial charge in [-0.15, -0.1) is 0 Å². The molecule has 0 unspecified atom stereocenters. The van der Waals surface area contributed by atoms with Gasteiger partial charge < -0.3 is 5.32 Å². The van der Waals surface area contributed by atoms with Gasteiger partial charge in [0.2, 0.25) is 5.82 Å². The lowest BCUT2D eigenvalue weighted by Gasteiger charge is -2.32. The van der Waals surface area contributed by atoms with Crippen LogP contribution in [-0.4, -0.2) is 20.3 Å². The Morgan fingerprint density at radius 3 is 2.88 bits per heavy atom. The highest BCUT2D eigenvalue weighted by Crippen LogP contribution is 2.59. The maximum absolute atomic E-state index is 12.5. The first-order chi connectivity index (χ1) is 12.1. The van der Waals surface area contributed by atoms with Crippen molar-refractivity contribution in [2.75, 3.05) is 5.32 Å². The number of aromatic nitrogens is 2. The molecule has 25 heavy (non-hydrogen) atoms. The van der Waals surface area contributed by atoms with Crippen molar-refractivity contribution in [3.05, 3.63) is 44.9 Å². The molecule has 2 heterocycles. The van der Waals surface area contributed by atoms with Crippen molar-refractivity contribution < 1.29 is 4.92 Å². The van der Waals surface area contributed by atoms with Crippen molar-refractivity contribution in [3.63, 3.8) is 0 Å². The van der Waals surface area contributed by atoms with E-state index < -0.39 is 16.2 Å². The Kier molecular flexibility index (Phi) is 3.14. The van der Waals surface area contributed by atoms with Crippen LogP contribution in [0.4, 0.5) is 11.5 Å². The first-order valence-corrected chi connectivity index (χ1v) is 9.06. The number of nitrogens with one attached hydrogen (secondary N) is 1. The Bertz CT molecular complexity index is 924. The molecule has 0 aliphatic heterocycles. The molecule has 5 rings (SSSR count). The van der Waals surface area contributed by atoms with Crippen molar-refractivity contribution >= 4 is 17.2 Å². The zero-order chi connectivity index (χ0) is 17.1. The van der Waals surface area contributed by atoms with Crippen LogP contribution in [0.5, 0.6) is 0 Å². The zero-order valence-electron chi connectivity index (χ0n) is 13.8. The zero-order valence-corrected chi connectivity index (χ0v) is 13.8. The van der Waals surface area contributed by atoms with E-state index in [0.717, 1.165) is 24.2 Å². The van der Waals surface area contributed by atoms with Crippen LogP contribution in [0, 0.1) is 33.8 Å². The van der Waals surface area contributed by atoms with Crippen LogP contribution in [0.2, 0.25) is 0 Å². The van der Waals surface area contributed by atoms with Crippen LogP contribution in [-0.2, 0) is 0 Å². The van der Waals surface area contributed by atoms with Gasteiger partial charge in [0.1, 0.15) is 5.65 Å². The summed E-state index contributed by atoms with van der Waals surface area (Å²) in [5.74, 6) is 3.03. The van der Waals surface area contributed by atoms with Crippen molar-refractivity contribution in [1.82, 2.24) is 9.38 Å². The average Bonchev–Trinajstić information content (AvgIpc) is 3.27. The molecule has 3 saturated carbocycles. The highest BCUT2D eigenvalue weighted by atomic mass is 16.6. The van der Waals surface area contributed by atoms with Crippen LogP contribution in [0.1, 0.15) is 32.1 Å². The molecule has 0 amide bonds. The molecule has 0 aromatic carbocycles. The maximum atomic E-state index is 12.5. The van der Waals surface area contributed by atoms with Gasteiger partial charge in [0.15, 0.2) is 0 Å². The SMILES string of the molecule is O=c1c([N+](=O)[O-])c(N[C@@H]2C[C@H]3C[C@H]2[C@@H]2CCC[C@H]32)nc2ccccn12. The summed E-state index contributed by atoms with van der Waals surface area (Å²) in [6, 6.07) is 5.34. The second-order valence-corrected chi connectivity index (χ2v) is 7.70. The van der Waals surface area contributed by atoms with Gasteiger partial charge in [-0.25, -0.2) is 4.98 Å². The van der Waals surface area contributed by atoms with Crippen LogP contribution in [0.15, 0.2) is 29.2 Å². The third kappa shape index (κ3) is 2.11. The fourth-order valence-corrected chi connectivity index (χ4v) is 5.75. The monoisotopic (exact) mass is 340 g/mol. The normalized spacial score (nSPS) is 32.9. The molecule has 130 valence electrons. The second kappa shape index (κ2) is 5.28. The van der Waals surface area contributed by atoms with Gasteiger partial charge >= 0.3 is 11.2 Å². The predicted octanol–water partition coefficient (Wildman–Crippen LogP) is 2.84. The molecule has 3 aliphatic carbocycles. The Morgan fingerprint density at radius 1 is 1.20 bits per heavy atom. The number of rotatable bonds is 3. The van der Waals surface area contributed by atoms with Crippen LogP contribution >= 0.6 is 0 Å². The number of nitro groups is 1. The highest BCUT2D eigenvalue weighted by molar-refractivity contribution is 5.60. The molecule has 0 spiro atoms. The molecular weight excluding hydrogens is 320 g/mol. The lowest BCUT2D eigenvalue weighted by Crippen LogP contribution is -2.35. The molecule has 5 atom stereocenters. The van der Waals surface area contributed by atoms with E-state index in [4.69, 9.17) is 0 Å². The molecule has 7 heteroatoms. The van der Waals surface area contributed by atoms with Gasteiger partial charge in [-0.2, -0.15) is 0 Å². The Morgan fingerprint density at radius 2 is 2.04 bits per heavy atom. The van der Waals surface area contributed by atoms with Gasteiger partial charge in [-0.1, -0.05) is 12.5 Å². The summed E-state index contributed by atoms with van der Waals surface area (Å²) in [5, 5.41) is 14.8. The largest absolute Gasteiger partial charge is 0.376 e. The Balaban J connectivity index is 1.54. The summed E-state index contributed by atoms with van der Waals surface area (Å²) in [4.78, 5) is 27.9. The molecule has 2 aromatic heterocycles. The summed E-state index contributed by atoms with van der Waals surface area (Å²) in [6.07, 6.45) is 7.70. The first kappa shape index (κ1) is 14.9. The third-order valence-corrected chi connectivity index (χ3v) is 6.64. The lowest BCUT2D eigenvalue weighted by molar-refractivity contribution is -0.385. The van der Waals surface area contributed by atoms with Gasteiger partial charge in [0.25, 0.3) is 0 Å². The minimum atomic E-state index is -0.625. The second-order valence-electron chi connectivity index (χ2n) is 7.70. The number of hydrogen-bond donors (Lipinski definition) is 1. The van der Waals surface area contributed by atoms with Crippen LogP contribution in [0.25, 0.3) is 5.65 Å². The predicted molar refractivity (Wildman–Crippen MR) is 92.6 cm³/mol. The summed E-state index contributed by atoms with van der Waals surface area (Å²) in [5.41, 5.74) is -0.642. The Labute approximate surface area is 144 Å². The van der Waals surface area contributed by atoms with E-state index in [1.54, 1.807) is 18.2 Å². The molecule has 2 bridgehead atoms. The topological polar surface area (TPSA) is 89.5 Å². The average molecular weight is 340 g/mol. The van der Waals surface area contributed by atoms with Crippen molar-refractivity contribution in [2.24, 2.45) is 23.7 Å². The smallest absolute Gasteiger partial charge is 0.361 e. The molecule has 0 saturated heterocycles. The van der Waals surface area contributed by atoms with E-state index in [1.807, 2.05) is 0 Å².